The number of nitrogens with one attached hydrogen (secondary N) is 2. The first kappa shape index (κ1) is 16.6. The summed E-state index contributed by atoms with van der Waals surface area (Å²) in [6.45, 7) is 1.85. The first-order valence-electron chi connectivity index (χ1n) is 7.72. The van der Waals surface area contributed by atoms with E-state index in [2.05, 4.69) is 20.5 Å². The van der Waals surface area contributed by atoms with Crippen LogP contribution in [0.4, 0.5) is 0 Å². The minimum Gasteiger partial charge on any atom is -0.497 e. The fourth-order valence-corrected chi connectivity index (χ4v) is 2.91. The van der Waals surface area contributed by atoms with E-state index in [9.17, 15) is 4.79 Å². The van der Waals surface area contributed by atoms with E-state index in [0.29, 0.717) is 28.5 Å². The van der Waals surface area contributed by atoms with E-state index in [1.165, 1.54) is 11.8 Å². The lowest BCUT2D eigenvalue weighted by atomic mass is 10.2. The Kier molecular flexibility index (Phi) is 4.94. The van der Waals surface area contributed by atoms with Gasteiger partial charge < -0.3 is 14.8 Å². The molecule has 0 radical (unpaired) electrons. The Bertz CT molecular complexity index is 730. The van der Waals surface area contributed by atoms with E-state index in [-0.39, 0.29) is 11.2 Å². The van der Waals surface area contributed by atoms with Crippen LogP contribution in [-0.2, 0) is 4.79 Å². The van der Waals surface area contributed by atoms with Crippen LogP contribution in [0.3, 0.4) is 0 Å². The van der Waals surface area contributed by atoms with Crippen molar-refractivity contribution in [1.29, 1.82) is 0 Å². The lowest BCUT2D eigenvalue weighted by Gasteiger charge is -2.09. The van der Waals surface area contributed by atoms with Crippen molar-refractivity contribution >= 4 is 17.7 Å². The topological polar surface area (TPSA) is 89.1 Å². The first-order valence-corrected chi connectivity index (χ1v) is 8.60. The minimum atomic E-state index is -0.244. The standard InChI is InChI=1S/C16H20N4O3S/c1-9(15(21)17-10-4-5-10)24-16-18-14(19-20-16)12-7-6-11(22-2)8-13(12)23-3/h6-10H,4-5H2,1-3H3,(H,17,21)(H,18,19,20)/t9-/m1/s1. The van der Waals surface area contributed by atoms with Gasteiger partial charge in [-0.15, -0.1) is 5.10 Å². The van der Waals surface area contributed by atoms with E-state index >= 15 is 0 Å². The summed E-state index contributed by atoms with van der Waals surface area (Å²) in [6, 6.07) is 5.83. The zero-order valence-corrected chi connectivity index (χ0v) is 14.6. The summed E-state index contributed by atoms with van der Waals surface area (Å²) >= 11 is 1.33. The Morgan fingerprint density at radius 1 is 1.38 bits per heavy atom. The molecule has 0 aliphatic heterocycles. The SMILES string of the molecule is COc1ccc(-c2nc(S[C@H](C)C(=O)NC3CC3)n[nH]2)c(OC)c1. The molecule has 1 saturated carbocycles. The van der Waals surface area contributed by atoms with Crippen LogP contribution in [0.25, 0.3) is 11.4 Å². The maximum Gasteiger partial charge on any atom is 0.233 e. The molecule has 1 heterocycles. The number of aromatic amines is 1. The maximum atomic E-state index is 12.0. The summed E-state index contributed by atoms with van der Waals surface area (Å²) in [6.07, 6.45) is 2.15. The van der Waals surface area contributed by atoms with Crippen molar-refractivity contribution in [1.82, 2.24) is 20.5 Å². The molecule has 1 aliphatic carbocycles. The average Bonchev–Trinajstić information content (AvgIpc) is 3.29. The number of aromatic nitrogens is 3. The number of hydrogen-bond acceptors (Lipinski definition) is 6. The second kappa shape index (κ2) is 7.12. The quantitative estimate of drug-likeness (QED) is 0.746. The minimum absolute atomic E-state index is 0.0240. The van der Waals surface area contributed by atoms with Gasteiger partial charge in [-0.25, -0.2) is 4.98 Å². The van der Waals surface area contributed by atoms with Crippen LogP contribution >= 0.6 is 11.8 Å². The molecule has 3 rings (SSSR count). The molecule has 0 unspecified atom stereocenters. The van der Waals surface area contributed by atoms with Crippen LogP contribution < -0.4 is 14.8 Å². The van der Waals surface area contributed by atoms with E-state index in [4.69, 9.17) is 9.47 Å². The molecule has 24 heavy (non-hydrogen) atoms. The molecule has 8 heteroatoms. The zero-order valence-electron chi connectivity index (χ0n) is 13.8. The van der Waals surface area contributed by atoms with Gasteiger partial charge in [0.15, 0.2) is 5.82 Å². The molecular formula is C16H20N4O3S. The fraction of sp³-hybridized carbons (Fsp3) is 0.438. The lowest BCUT2D eigenvalue weighted by Crippen LogP contribution is -2.32. The van der Waals surface area contributed by atoms with Gasteiger partial charge in [0, 0.05) is 12.1 Å². The Balaban J connectivity index is 1.71. The van der Waals surface area contributed by atoms with Crippen molar-refractivity contribution in [3.05, 3.63) is 18.2 Å². The number of thioether (sulfide) groups is 1. The van der Waals surface area contributed by atoms with Crippen molar-refractivity contribution in [3.8, 4) is 22.9 Å². The summed E-state index contributed by atoms with van der Waals surface area (Å²) in [4.78, 5) is 16.5. The number of ether oxygens (including phenoxy) is 2. The van der Waals surface area contributed by atoms with E-state index in [1.807, 2.05) is 19.1 Å². The number of hydrogen-bond donors (Lipinski definition) is 2. The highest BCUT2D eigenvalue weighted by atomic mass is 32.2. The molecule has 2 aromatic rings. The van der Waals surface area contributed by atoms with Crippen LogP contribution in [0.15, 0.2) is 23.4 Å². The van der Waals surface area contributed by atoms with Crippen LogP contribution in [0, 0.1) is 0 Å². The number of rotatable bonds is 7. The van der Waals surface area contributed by atoms with E-state index in [0.717, 1.165) is 18.4 Å². The van der Waals surface area contributed by atoms with Crippen LogP contribution in [0.1, 0.15) is 19.8 Å². The summed E-state index contributed by atoms with van der Waals surface area (Å²) in [5.74, 6) is 1.96. The van der Waals surface area contributed by atoms with Crippen molar-refractivity contribution in [2.45, 2.75) is 36.2 Å². The summed E-state index contributed by atoms with van der Waals surface area (Å²) in [7, 11) is 3.19. The number of H-pyrrole nitrogens is 1. The van der Waals surface area contributed by atoms with Gasteiger partial charge in [0.2, 0.25) is 11.1 Å². The smallest absolute Gasteiger partial charge is 0.233 e. The third-order valence-corrected chi connectivity index (χ3v) is 4.66. The van der Waals surface area contributed by atoms with Crippen molar-refractivity contribution < 1.29 is 14.3 Å². The molecule has 1 fully saturated rings. The van der Waals surface area contributed by atoms with Gasteiger partial charge in [0.25, 0.3) is 0 Å². The van der Waals surface area contributed by atoms with Crippen LogP contribution in [0.5, 0.6) is 11.5 Å². The lowest BCUT2D eigenvalue weighted by molar-refractivity contribution is -0.120. The molecule has 128 valence electrons. The van der Waals surface area contributed by atoms with E-state index in [1.54, 1.807) is 20.3 Å². The zero-order chi connectivity index (χ0) is 17.1. The molecule has 2 N–H and O–H groups in total. The highest BCUT2D eigenvalue weighted by molar-refractivity contribution is 8.00. The maximum absolute atomic E-state index is 12.0. The monoisotopic (exact) mass is 348 g/mol. The number of amides is 1. The van der Waals surface area contributed by atoms with Crippen molar-refractivity contribution in [2.24, 2.45) is 0 Å². The Hall–Kier alpha value is -2.22. The van der Waals surface area contributed by atoms with Crippen LogP contribution in [-0.4, -0.2) is 46.6 Å². The summed E-state index contributed by atoms with van der Waals surface area (Å²) in [5, 5.41) is 10.4. The first-order chi connectivity index (χ1) is 11.6. The third kappa shape index (κ3) is 3.81. The number of carbonyl (C=O) groups excluding carboxylic acids is 1. The molecular weight excluding hydrogens is 328 g/mol. The molecule has 1 aliphatic rings. The fourth-order valence-electron chi connectivity index (χ4n) is 2.17. The summed E-state index contributed by atoms with van der Waals surface area (Å²) in [5.41, 5.74) is 0.785. The second-order valence-corrected chi connectivity index (χ2v) is 6.88. The largest absolute Gasteiger partial charge is 0.497 e. The number of methoxy groups -OCH3 is 2. The number of carbonyl (C=O) groups is 1. The molecule has 0 bridgehead atoms. The third-order valence-electron chi connectivity index (χ3n) is 3.70. The normalized spacial score (nSPS) is 15.0. The van der Waals surface area contributed by atoms with Crippen LogP contribution in [0.2, 0.25) is 0 Å². The Morgan fingerprint density at radius 2 is 2.17 bits per heavy atom. The van der Waals surface area contributed by atoms with Crippen molar-refractivity contribution in [3.63, 3.8) is 0 Å². The molecule has 0 spiro atoms. The van der Waals surface area contributed by atoms with Gasteiger partial charge in [0.05, 0.1) is 25.0 Å². The molecule has 1 aromatic heterocycles. The van der Waals surface area contributed by atoms with Gasteiger partial charge in [-0.3, -0.25) is 9.89 Å². The van der Waals surface area contributed by atoms with Crippen molar-refractivity contribution in [2.75, 3.05) is 14.2 Å². The number of benzene rings is 1. The Labute approximate surface area is 144 Å². The second-order valence-electron chi connectivity index (χ2n) is 5.58. The van der Waals surface area contributed by atoms with Gasteiger partial charge in [-0.2, -0.15) is 0 Å². The molecule has 1 atom stereocenters. The predicted octanol–water partition coefficient (Wildman–Crippen LogP) is 2.25. The number of nitrogens with zero attached hydrogens (tertiary/aromatic N) is 2. The summed E-state index contributed by atoms with van der Waals surface area (Å²) < 4.78 is 10.6. The molecule has 1 amide bonds. The van der Waals surface area contributed by atoms with Gasteiger partial charge in [0.1, 0.15) is 11.5 Å². The van der Waals surface area contributed by atoms with Gasteiger partial charge in [-0.1, -0.05) is 11.8 Å². The van der Waals surface area contributed by atoms with E-state index < -0.39 is 0 Å². The highest BCUT2D eigenvalue weighted by Gasteiger charge is 2.26. The molecule has 0 saturated heterocycles. The highest BCUT2D eigenvalue weighted by Crippen LogP contribution is 2.32. The van der Waals surface area contributed by atoms with Gasteiger partial charge in [-0.05, 0) is 31.9 Å². The molecule has 7 nitrogen and oxygen atoms in total. The predicted molar refractivity (Wildman–Crippen MR) is 91.4 cm³/mol. The average molecular weight is 348 g/mol. The van der Waals surface area contributed by atoms with Gasteiger partial charge >= 0.3 is 0 Å². The molecule has 1 aromatic carbocycles. The Morgan fingerprint density at radius 3 is 2.83 bits per heavy atom.